The van der Waals surface area contributed by atoms with Crippen LogP contribution in [-0.2, 0) is 11.3 Å². The van der Waals surface area contributed by atoms with Gasteiger partial charge in [0.2, 0.25) is 5.91 Å². The van der Waals surface area contributed by atoms with Crippen molar-refractivity contribution in [3.05, 3.63) is 70.5 Å². The molecule has 0 aliphatic carbocycles. The van der Waals surface area contributed by atoms with E-state index in [0.717, 1.165) is 11.1 Å². The molecule has 0 bridgehead atoms. The molecule has 1 aromatic heterocycles. The van der Waals surface area contributed by atoms with Crippen LogP contribution in [0.4, 0.5) is 0 Å². The van der Waals surface area contributed by atoms with Crippen molar-refractivity contribution in [1.82, 2.24) is 20.3 Å². The average molecular weight is 336 g/mol. The molecule has 0 saturated carbocycles. The topological polar surface area (TPSA) is 76.9 Å². The largest absolute Gasteiger partial charge is 0.354 e. The van der Waals surface area contributed by atoms with Crippen molar-refractivity contribution >= 4 is 16.8 Å². The summed E-state index contributed by atoms with van der Waals surface area (Å²) >= 11 is 0. The summed E-state index contributed by atoms with van der Waals surface area (Å²) in [5.74, 6) is -0.00868. The first kappa shape index (κ1) is 16.8. The molecule has 128 valence electrons. The Hall–Kier alpha value is -3.02. The number of fused-ring (bicyclic) bond motifs is 1. The summed E-state index contributed by atoms with van der Waals surface area (Å²) in [6.45, 7) is 2.47. The van der Waals surface area contributed by atoms with Crippen LogP contribution in [0, 0.1) is 0 Å². The van der Waals surface area contributed by atoms with E-state index in [2.05, 4.69) is 34.7 Å². The number of nitrogens with one attached hydrogen (secondary N) is 1. The van der Waals surface area contributed by atoms with Gasteiger partial charge in [0.25, 0.3) is 5.56 Å². The second-order valence-electron chi connectivity index (χ2n) is 5.89. The van der Waals surface area contributed by atoms with E-state index in [4.69, 9.17) is 0 Å². The number of carbonyl (C=O) groups is 1. The van der Waals surface area contributed by atoms with Crippen LogP contribution in [0.15, 0.2) is 59.4 Å². The number of benzene rings is 2. The highest BCUT2D eigenvalue weighted by Gasteiger charge is 2.13. The molecule has 3 aromatic rings. The Morgan fingerprint density at radius 3 is 2.60 bits per heavy atom. The van der Waals surface area contributed by atoms with Crippen LogP contribution < -0.4 is 10.9 Å². The summed E-state index contributed by atoms with van der Waals surface area (Å²) < 4.78 is 1.10. The van der Waals surface area contributed by atoms with Crippen molar-refractivity contribution in [2.75, 3.05) is 6.54 Å². The Morgan fingerprint density at radius 1 is 1.12 bits per heavy atom. The third kappa shape index (κ3) is 3.91. The molecule has 0 spiro atoms. The van der Waals surface area contributed by atoms with E-state index in [-0.39, 0.29) is 23.9 Å². The number of carbonyl (C=O) groups excluding carboxylic acids is 1. The lowest BCUT2D eigenvalue weighted by molar-refractivity contribution is -0.122. The van der Waals surface area contributed by atoms with Gasteiger partial charge in [0.05, 0.1) is 5.39 Å². The Morgan fingerprint density at radius 2 is 1.84 bits per heavy atom. The molecule has 6 nitrogen and oxygen atoms in total. The molecule has 1 N–H and O–H groups in total. The molecule has 25 heavy (non-hydrogen) atoms. The number of nitrogens with zero attached hydrogens (tertiary/aromatic N) is 3. The Bertz CT molecular complexity index is 921. The second-order valence-corrected chi connectivity index (χ2v) is 5.89. The fraction of sp³-hybridized carbons (Fsp3) is 0.263. The van der Waals surface area contributed by atoms with Gasteiger partial charge in [0.15, 0.2) is 0 Å². The molecular weight excluding hydrogens is 316 g/mol. The van der Waals surface area contributed by atoms with Gasteiger partial charge in [-0.25, -0.2) is 4.68 Å². The Labute approximate surface area is 145 Å². The lowest BCUT2D eigenvalue weighted by atomic mass is 9.96. The van der Waals surface area contributed by atoms with Crippen LogP contribution in [0.25, 0.3) is 10.9 Å². The standard InChI is InChI=1S/C19H20N4O2/c1-2-14(15-8-4-3-5-9-15)12-20-18(24)13-23-19(25)16-10-6-7-11-17(16)21-22-23/h3-11,14H,2,12-13H2,1H3,(H,20,24)/t14-/m1/s1. The Kier molecular flexibility index (Phi) is 5.18. The molecule has 2 aromatic carbocycles. The SMILES string of the molecule is CC[C@H](CNC(=O)Cn1nnc2ccccc2c1=O)c1ccccc1. The van der Waals surface area contributed by atoms with Crippen LogP contribution in [0.5, 0.6) is 0 Å². The lowest BCUT2D eigenvalue weighted by Crippen LogP contribution is -2.36. The maximum atomic E-state index is 12.4. The first-order chi connectivity index (χ1) is 12.2. The highest BCUT2D eigenvalue weighted by atomic mass is 16.2. The van der Waals surface area contributed by atoms with E-state index < -0.39 is 0 Å². The summed E-state index contributed by atoms with van der Waals surface area (Å²) in [5, 5.41) is 11.2. The van der Waals surface area contributed by atoms with E-state index in [0.29, 0.717) is 17.4 Å². The Balaban J connectivity index is 1.67. The molecule has 1 atom stereocenters. The molecule has 1 heterocycles. The van der Waals surface area contributed by atoms with Crippen LogP contribution in [-0.4, -0.2) is 27.4 Å². The minimum Gasteiger partial charge on any atom is -0.354 e. The first-order valence-electron chi connectivity index (χ1n) is 8.33. The van der Waals surface area contributed by atoms with E-state index in [1.54, 1.807) is 24.3 Å². The maximum absolute atomic E-state index is 12.4. The molecule has 3 rings (SSSR count). The third-order valence-electron chi connectivity index (χ3n) is 4.23. The molecule has 6 heteroatoms. The zero-order valence-corrected chi connectivity index (χ0v) is 14.1. The second kappa shape index (κ2) is 7.70. The van der Waals surface area contributed by atoms with Crippen LogP contribution in [0.3, 0.4) is 0 Å². The van der Waals surface area contributed by atoms with E-state index in [1.165, 1.54) is 5.56 Å². The van der Waals surface area contributed by atoms with Gasteiger partial charge in [-0.1, -0.05) is 54.6 Å². The highest BCUT2D eigenvalue weighted by molar-refractivity contribution is 5.78. The summed E-state index contributed by atoms with van der Waals surface area (Å²) in [7, 11) is 0. The molecule has 0 aliphatic rings. The van der Waals surface area contributed by atoms with Crippen molar-refractivity contribution in [3.63, 3.8) is 0 Å². The van der Waals surface area contributed by atoms with Crippen molar-refractivity contribution in [1.29, 1.82) is 0 Å². The predicted octanol–water partition coefficient (Wildman–Crippen LogP) is 2.10. The molecule has 1 amide bonds. The molecule has 0 saturated heterocycles. The van der Waals surface area contributed by atoms with Gasteiger partial charge >= 0.3 is 0 Å². The molecule has 0 aliphatic heterocycles. The molecular formula is C19H20N4O2. The van der Waals surface area contributed by atoms with E-state index in [1.807, 2.05) is 18.2 Å². The number of aromatic nitrogens is 3. The van der Waals surface area contributed by atoms with Crippen molar-refractivity contribution < 1.29 is 4.79 Å². The summed E-state index contributed by atoms with van der Waals surface area (Å²) in [6, 6.07) is 17.0. The van der Waals surface area contributed by atoms with Gasteiger partial charge in [-0.3, -0.25) is 9.59 Å². The van der Waals surface area contributed by atoms with Gasteiger partial charge in [0, 0.05) is 12.5 Å². The monoisotopic (exact) mass is 336 g/mol. The van der Waals surface area contributed by atoms with Crippen LogP contribution in [0.1, 0.15) is 24.8 Å². The minimum absolute atomic E-state index is 0.137. The van der Waals surface area contributed by atoms with Crippen LogP contribution in [0.2, 0.25) is 0 Å². The summed E-state index contributed by atoms with van der Waals surface area (Å²) in [6.07, 6.45) is 0.917. The fourth-order valence-electron chi connectivity index (χ4n) is 2.78. The zero-order chi connectivity index (χ0) is 17.6. The maximum Gasteiger partial charge on any atom is 0.278 e. The van der Waals surface area contributed by atoms with Gasteiger partial charge in [-0.05, 0) is 24.1 Å². The predicted molar refractivity (Wildman–Crippen MR) is 96.3 cm³/mol. The van der Waals surface area contributed by atoms with Gasteiger partial charge in [-0.15, -0.1) is 5.10 Å². The van der Waals surface area contributed by atoms with Gasteiger partial charge < -0.3 is 5.32 Å². The average Bonchev–Trinajstić information content (AvgIpc) is 2.66. The minimum atomic E-state index is -0.309. The highest BCUT2D eigenvalue weighted by Crippen LogP contribution is 2.17. The summed E-state index contributed by atoms with van der Waals surface area (Å²) in [4.78, 5) is 24.6. The third-order valence-corrected chi connectivity index (χ3v) is 4.23. The van der Waals surface area contributed by atoms with Crippen molar-refractivity contribution in [3.8, 4) is 0 Å². The van der Waals surface area contributed by atoms with Crippen molar-refractivity contribution in [2.45, 2.75) is 25.8 Å². The number of hydrogen-bond donors (Lipinski definition) is 1. The smallest absolute Gasteiger partial charge is 0.278 e. The number of amides is 1. The fourth-order valence-corrected chi connectivity index (χ4v) is 2.78. The zero-order valence-electron chi connectivity index (χ0n) is 14.1. The van der Waals surface area contributed by atoms with Gasteiger partial charge in [0.1, 0.15) is 12.1 Å². The van der Waals surface area contributed by atoms with Gasteiger partial charge in [-0.2, -0.15) is 0 Å². The van der Waals surface area contributed by atoms with Crippen molar-refractivity contribution in [2.24, 2.45) is 0 Å². The quantitative estimate of drug-likeness (QED) is 0.748. The lowest BCUT2D eigenvalue weighted by Gasteiger charge is -2.16. The van der Waals surface area contributed by atoms with E-state index in [9.17, 15) is 9.59 Å². The summed E-state index contributed by atoms with van der Waals surface area (Å²) in [5.41, 5.74) is 1.41. The number of hydrogen-bond acceptors (Lipinski definition) is 4. The molecule has 0 unspecified atom stereocenters. The number of rotatable bonds is 6. The normalized spacial score (nSPS) is 12.0. The van der Waals surface area contributed by atoms with E-state index >= 15 is 0 Å². The van der Waals surface area contributed by atoms with Crippen LogP contribution >= 0.6 is 0 Å². The first-order valence-corrected chi connectivity index (χ1v) is 8.33. The molecule has 0 fully saturated rings. The molecule has 0 radical (unpaired) electrons.